The topological polar surface area (TPSA) is 58.5 Å². The molecule has 1 aliphatic heterocycles. The summed E-state index contributed by atoms with van der Waals surface area (Å²) in [6.07, 6.45) is 4.37. The van der Waals surface area contributed by atoms with Crippen molar-refractivity contribution >= 4 is 41.3 Å². The number of aliphatic imine (C=N–C) groups is 1. The standard InChI is InChI=1S/C20H28N4OS.HI/c1-3-21-20(22-11-7-6-10-19-24-15(2)14-26-19)23-13-17-12-16-8-4-5-9-18(16)25-17;/h4-5,8-9,14,17H,3,6-7,10-13H2,1-2H3,(H2,21,22,23);1H. The predicted molar refractivity (Wildman–Crippen MR) is 124 cm³/mol. The molecule has 0 saturated heterocycles. The number of fused-ring (bicyclic) bond motifs is 1. The van der Waals surface area contributed by atoms with Gasteiger partial charge in [0, 0.05) is 30.6 Å². The maximum atomic E-state index is 5.96. The number of guanidine groups is 1. The number of para-hydroxylation sites is 1. The maximum absolute atomic E-state index is 5.96. The average Bonchev–Trinajstić information content (AvgIpc) is 3.24. The summed E-state index contributed by atoms with van der Waals surface area (Å²) in [7, 11) is 0. The first-order chi connectivity index (χ1) is 12.7. The Kier molecular flexibility index (Phi) is 9.33. The van der Waals surface area contributed by atoms with Crippen LogP contribution in [0.2, 0.25) is 0 Å². The number of hydrogen-bond acceptors (Lipinski definition) is 4. The van der Waals surface area contributed by atoms with Crippen LogP contribution in [0.1, 0.15) is 36.0 Å². The van der Waals surface area contributed by atoms with Gasteiger partial charge in [-0.15, -0.1) is 35.3 Å². The van der Waals surface area contributed by atoms with Gasteiger partial charge in [-0.1, -0.05) is 18.2 Å². The monoisotopic (exact) mass is 500 g/mol. The van der Waals surface area contributed by atoms with E-state index in [0.717, 1.165) is 56.2 Å². The third-order valence-electron chi connectivity index (χ3n) is 4.29. The molecule has 1 aromatic heterocycles. The Bertz CT molecular complexity index is 709. The van der Waals surface area contributed by atoms with Gasteiger partial charge >= 0.3 is 0 Å². The maximum Gasteiger partial charge on any atom is 0.191 e. The highest BCUT2D eigenvalue weighted by atomic mass is 127. The van der Waals surface area contributed by atoms with Crippen molar-refractivity contribution in [3.05, 3.63) is 45.9 Å². The highest BCUT2D eigenvalue weighted by Gasteiger charge is 2.21. The zero-order chi connectivity index (χ0) is 18.2. The third-order valence-corrected chi connectivity index (χ3v) is 5.31. The molecule has 2 aromatic rings. The summed E-state index contributed by atoms with van der Waals surface area (Å²) in [5.74, 6) is 1.88. The van der Waals surface area contributed by atoms with Crippen LogP contribution in [0.4, 0.5) is 0 Å². The van der Waals surface area contributed by atoms with Gasteiger partial charge in [-0.05, 0) is 44.7 Å². The smallest absolute Gasteiger partial charge is 0.191 e. The van der Waals surface area contributed by atoms with Gasteiger partial charge in [0.1, 0.15) is 11.9 Å². The number of nitrogens with zero attached hydrogens (tertiary/aromatic N) is 2. The number of halogens is 1. The van der Waals surface area contributed by atoms with Crippen LogP contribution in [-0.2, 0) is 12.8 Å². The Labute approximate surface area is 183 Å². The summed E-state index contributed by atoms with van der Waals surface area (Å²) >= 11 is 1.76. The van der Waals surface area contributed by atoms with E-state index in [9.17, 15) is 0 Å². The van der Waals surface area contributed by atoms with Gasteiger partial charge in [-0.25, -0.2) is 9.98 Å². The van der Waals surface area contributed by atoms with Gasteiger partial charge in [0.15, 0.2) is 5.96 Å². The fraction of sp³-hybridized carbons (Fsp3) is 0.500. The molecule has 0 aliphatic carbocycles. The molecule has 2 N–H and O–H groups in total. The van der Waals surface area contributed by atoms with E-state index in [0.29, 0.717) is 6.54 Å². The van der Waals surface area contributed by atoms with Crippen LogP contribution in [0.25, 0.3) is 0 Å². The molecule has 27 heavy (non-hydrogen) atoms. The second-order valence-corrected chi connectivity index (χ2v) is 7.48. The minimum absolute atomic E-state index is 0. The van der Waals surface area contributed by atoms with Gasteiger partial charge in [0.05, 0.1) is 11.6 Å². The van der Waals surface area contributed by atoms with E-state index in [4.69, 9.17) is 9.73 Å². The molecule has 5 nitrogen and oxygen atoms in total. The first kappa shape index (κ1) is 21.9. The number of rotatable bonds is 8. The van der Waals surface area contributed by atoms with Gasteiger partial charge in [0.2, 0.25) is 0 Å². The Balaban J connectivity index is 0.00000261. The first-order valence-electron chi connectivity index (χ1n) is 9.42. The lowest BCUT2D eigenvalue weighted by atomic mass is 10.1. The molecule has 1 aromatic carbocycles. The van der Waals surface area contributed by atoms with Crippen LogP contribution in [-0.4, -0.2) is 36.7 Å². The molecule has 3 rings (SSSR count). The zero-order valence-electron chi connectivity index (χ0n) is 16.0. The zero-order valence-corrected chi connectivity index (χ0v) is 19.2. The van der Waals surface area contributed by atoms with E-state index in [-0.39, 0.29) is 30.1 Å². The molecule has 1 unspecified atom stereocenters. The SMILES string of the molecule is CCNC(=NCC1Cc2ccccc2O1)NCCCCc1nc(C)cs1.I. The quantitative estimate of drug-likeness (QED) is 0.250. The van der Waals surface area contributed by atoms with Crippen molar-refractivity contribution in [1.82, 2.24) is 15.6 Å². The minimum Gasteiger partial charge on any atom is -0.488 e. The second-order valence-electron chi connectivity index (χ2n) is 6.54. The lowest BCUT2D eigenvalue weighted by Gasteiger charge is -2.13. The molecule has 0 saturated carbocycles. The first-order valence-corrected chi connectivity index (χ1v) is 10.3. The van der Waals surface area contributed by atoms with Crippen LogP contribution in [0.5, 0.6) is 5.75 Å². The Morgan fingerprint density at radius 1 is 1.30 bits per heavy atom. The Hall–Kier alpha value is -1.35. The predicted octanol–water partition coefficient (Wildman–Crippen LogP) is 3.95. The fourth-order valence-corrected chi connectivity index (χ4v) is 3.83. The normalized spacial score (nSPS) is 15.6. The van der Waals surface area contributed by atoms with Gasteiger partial charge in [-0.2, -0.15) is 0 Å². The summed E-state index contributed by atoms with van der Waals surface area (Å²) in [4.78, 5) is 9.21. The summed E-state index contributed by atoms with van der Waals surface area (Å²) in [5, 5.41) is 10.1. The van der Waals surface area contributed by atoms with Crippen LogP contribution >= 0.6 is 35.3 Å². The molecule has 0 amide bonds. The van der Waals surface area contributed by atoms with E-state index in [1.807, 2.05) is 19.1 Å². The van der Waals surface area contributed by atoms with E-state index in [1.165, 1.54) is 10.6 Å². The van der Waals surface area contributed by atoms with Crippen molar-refractivity contribution in [1.29, 1.82) is 0 Å². The number of hydrogen-bond donors (Lipinski definition) is 2. The largest absolute Gasteiger partial charge is 0.488 e. The van der Waals surface area contributed by atoms with Crippen LogP contribution < -0.4 is 15.4 Å². The van der Waals surface area contributed by atoms with Gasteiger partial charge in [-0.3, -0.25) is 0 Å². The number of nitrogens with one attached hydrogen (secondary N) is 2. The van der Waals surface area contributed by atoms with Crippen LogP contribution in [0, 0.1) is 6.92 Å². The Morgan fingerprint density at radius 3 is 2.89 bits per heavy atom. The molecule has 0 spiro atoms. The molecule has 0 radical (unpaired) electrons. The molecule has 0 fully saturated rings. The number of thiazole rings is 1. The lowest BCUT2D eigenvalue weighted by molar-refractivity contribution is 0.241. The summed E-state index contributed by atoms with van der Waals surface area (Å²) in [6.45, 7) is 6.58. The van der Waals surface area contributed by atoms with Crippen molar-refractivity contribution < 1.29 is 4.74 Å². The Morgan fingerprint density at radius 2 is 2.15 bits per heavy atom. The van der Waals surface area contributed by atoms with Crippen molar-refractivity contribution in [3.63, 3.8) is 0 Å². The summed E-state index contributed by atoms with van der Waals surface area (Å²) in [5.41, 5.74) is 2.41. The minimum atomic E-state index is 0. The molecule has 1 atom stereocenters. The van der Waals surface area contributed by atoms with Crippen molar-refractivity contribution in [2.75, 3.05) is 19.6 Å². The summed E-state index contributed by atoms with van der Waals surface area (Å²) in [6, 6.07) is 8.24. The second kappa shape index (κ2) is 11.5. The van der Waals surface area contributed by atoms with Crippen molar-refractivity contribution in [2.24, 2.45) is 4.99 Å². The van der Waals surface area contributed by atoms with E-state index in [1.54, 1.807) is 11.3 Å². The molecule has 148 valence electrons. The molecular weight excluding hydrogens is 471 g/mol. The number of benzene rings is 1. The number of ether oxygens (including phenoxy) is 1. The highest BCUT2D eigenvalue weighted by molar-refractivity contribution is 14.0. The average molecular weight is 500 g/mol. The van der Waals surface area contributed by atoms with Crippen molar-refractivity contribution in [3.8, 4) is 5.75 Å². The van der Waals surface area contributed by atoms with Crippen LogP contribution in [0.15, 0.2) is 34.6 Å². The van der Waals surface area contributed by atoms with Crippen LogP contribution in [0.3, 0.4) is 0 Å². The van der Waals surface area contributed by atoms with E-state index in [2.05, 4.69) is 40.1 Å². The fourth-order valence-electron chi connectivity index (χ4n) is 3.02. The molecule has 1 aliphatic rings. The summed E-state index contributed by atoms with van der Waals surface area (Å²) < 4.78 is 5.96. The van der Waals surface area contributed by atoms with Crippen molar-refractivity contribution in [2.45, 2.75) is 45.6 Å². The molecular formula is C20H29IN4OS. The van der Waals surface area contributed by atoms with Gasteiger partial charge in [0.25, 0.3) is 0 Å². The number of aromatic nitrogens is 1. The lowest BCUT2D eigenvalue weighted by Crippen LogP contribution is -2.38. The molecule has 7 heteroatoms. The third kappa shape index (κ3) is 6.95. The molecule has 0 bridgehead atoms. The molecule has 2 heterocycles. The number of unbranched alkanes of at least 4 members (excludes halogenated alkanes) is 1. The van der Waals surface area contributed by atoms with E-state index >= 15 is 0 Å². The number of aryl methyl sites for hydroxylation is 2. The van der Waals surface area contributed by atoms with E-state index < -0.39 is 0 Å². The highest BCUT2D eigenvalue weighted by Crippen LogP contribution is 2.28. The van der Waals surface area contributed by atoms with Gasteiger partial charge < -0.3 is 15.4 Å².